The van der Waals surface area contributed by atoms with Crippen molar-refractivity contribution in [1.82, 2.24) is 4.90 Å². The van der Waals surface area contributed by atoms with E-state index in [1.165, 1.54) is 6.07 Å². The van der Waals surface area contributed by atoms with Crippen molar-refractivity contribution < 1.29 is 13.9 Å². The molecule has 0 spiro atoms. The van der Waals surface area contributed by atoms with E-state index < -0.39 is 5.82 Å². The van der Waals surface area contributed by atoms with Crippen LogP contribution in [0, 0.1) is 5.82 Å². The predicted octanol–water partition coefficient (Wildman–Crippen LogP) is 4.10. The fraction of sp³-hybridized carbons (Fsp3) is 0.381. The van der Waals surface area contributed by atoms with E-state index in [4.69, 9.17) is 4.74 Å². The Kier molecular flexibility index (Phi) is 6.29. The molecule has 0 unspecified atom stereocenters. The summed E-state index contributed by atoms with van der Waals surface area (Å²) >= 11 is 0. The number of carbonyl (C=O) groups excluding carboxylic acids is 1. The normalized spacial score (nSPS) is 16.2. The number of halogens is 1. The van der Waals surface area contributed by atoms with E-state index in [0.29, 0.717) is 13.1 Å². The third-order valence-corrected chi connectivity index (χ3v) is 4.68. The Hall–Kier alpha value is -2.60. The zero-order chi connectivity index (χ0) is 19.2. The highest BCUT2D eigenvalue weighted by molar-refractivity contribution is 5.89. The quantitative estimate of drug-likeness (QED) is 0.831. The molecule has 27 heavy (non-hydrogen) atoms. The molecule has 144 valence electrons. The maximum absolute atomic E-state index is 13.9. The van der Waals surface area contributed by atoms with Gasteiger partial charge in [-0.2, -0.15) is 0 Å². The lowest BCUT2D eigenvalue weighted by atomic mass is 10.1. The Morgan fingerprint density at radius 1 is 1.19 bits per heavy atom. The molecule has 0 aliphatic carbocycles. The Bertz CT molecular complexity index is 758. The number of amides is 2. The molecule has 1 heterocycles. The van der Waals surface area contributed by atoms with E-state index >= 15 is 0 Å². The second kappa shape index (κ2) is 8.86. The Morgan fingerprint density at radius 2 is 1.93 bits per heavy atom. The number of hydrogen-bond donors (Lipinski definition) is 1. The van der Waals surface area contributed by atoms with Gasteiger partial charge >= 0.3 is 6.03 Å². The van der Waals surface area contributed by atoms with Gasteiger partial charge in [-0.05, 0) is 42.7 Å². The first-order valence-electron chi connectivity index (χ1n) is 9.21. The highest BCUT2D eigenvalue weighted by Gasteiger charge is 2.23. The molecule has 1 aliphatic heterocycles. The second-order valence-corrected chi connectivity index (χ2v) is 6.99. The highest BCUT2D eigenvalue weighted by atomic mass is 19.1. The molecule has 2 amide bonds. The summed E-state index contributed by atoms with van der Waals surface area (Å²) in [5.74, 6) is -0.446. The molecular weight excluding hydrogens is 345 g/mol. The number of rotatable bonds is 6. The first-order valence-corrected chi connectivity index (χ1v) is 9.21. The topological polar surface area (TPSA) is 44.8 Å². The first-order chi connectivity index (χ1) is 13.0. The van der Waals surface area contributed by atoms with Crippen molar-refractivity contribution in [2.24, 2.45) is 0 Å². The maximum Gasteiger partial charge on any atom is 0.322 e. The number of urea groups is 1. The van der Waals surface area contributed by atoms with Crippen molar-refractivity contribution in [3.63, 3.8) is 0 Å². The summed E-state index contributed by atoms with van der Waals surface area (Å²) in [6.07, 6.45) is 1.96. The summed E-state index contributed by atoms with van der Waals surface area (Å²) in [6, 6.07) is 13.9. The maximum atomic E-state index is 13.9. The summed E-state index contributed by atoms with van der Waals surface area (Å²) in [4.78, 5) is 16.5. The van der Waals surface area contributed by atoms with Gasteiger partial charge in [0.25, 0.3) is 0 Å². The number of benzene rings is 2. The second-order valence-electron chi connectivity index (χ2n) is 6.99. The fourth-order valence-corrected chi connectivity index (χ4v) is 3.13. The molecule has 0 aromatic heterocycles. The van der Waals surface area contributed by atoms with E-state index in [9.17, 15) is 9.18 Å². The van der Waals surface area contributed by atoms with E-state index in [-0.39, 0.29) is 17.8 Å². The smallest absolute Gasteiger partial charge is 0.322 e. The average molecular weight is 371 g/mol. The molecule has 1 aliphatic rings. The van der Waals surface area contributed by atoms with Gasteiger partial charge in [0.2, 0.25) is 0 Å². The van der Waals surface area contributed by atoms with Gasteiger partial charge in [0.05, 0.1) is 11.8 Å². The van der Waals surface area contributed by atoms with E-state index in [1.54, 1.807) is 23.1 Å². The number of carbonyl (C=O) groups is 1. The zero-order valence-corrected chi connectivity index (χ0v) is 15.8. The summed E-state index contributed by atoms with van der Waals surface area (Å²) in [6.45, 7) is 1.65. The summed E-state index contributed by atoms with van der Waals surface area (Å²) < 4.78 is 19.6. The molecule has 1 saturated heterocycles. The molecule has 0 radical (unpaired) electrons. The van der Waals surface area contributed by atoms with Gasteiger partial charge in [0.15, 0.2) is 0 Å². The van der Waals surface area contributed by atoms with Gasteiger partial charge in [0.1, 0.15) is 5.82 Å². The fourth-order valence-electron chi connectivity index (χ4n) is 3.13. The summed E-state index contributed by atoms with van der Waals surface area (Å²) in [5.41, 5.74) is 2.30. The van der Waals surface area contributed by atoms with Crippen molar-refractivity contribution >= 4 is 17.4 Å². The highest BCUT2D eigenvalue weighted by Crippen LogP contribution is 2.19. The lowest BCUT2D eigenvalue weighted by molar-refractivity contribution is 0.0819. The number of hydrogen-bond acceptors (Lipinski definition) is 3. The number of para-hydroxylation sites is 1. The van der Waals surface area contributed by atoms with E-state index in [2.05, 4.69) is 5.32 Å². The molecule has 0 bridgehead atoms. The molecule has 2 aromatic carbocycles. The van der Waals surface area contributed by atoms with Crippen molar-refractivity contribution in [3.05, 3.63) is 59.9 Å². The van der Waals surface area contributed by atoms with Gasteiger partial charge in [-0.15, -0.1) is 0 Å². The minimum absolute atomic E-state index is 0.0254. The van der Waals surface area contributed by atoms with Gasteiger partial charge in [-0.25, -0.2) is 9.18 Å². The summed E-state index contributed by atoms with van der Waals surface area (Å²) in [7, 11) is 3.97. The van der Waals surface area contributed by atoms with Crippen LogP contribution in [0.5, 0.6) is 0 Å². The Labute approximate surface area is 159 Å². The van der Waals surface area contributed by atoms with Crippen LogP contribution in [0.3, 0.4) is 0 Å². The SMILES string of the molecule is CN(C)c1ccc(CN(C[C@@H]2CCCO2)C(=O)Nc2ccccc2F)cc1. The third kappa shape index (κ3) is 5.20. The molecule has 6 heteroatoms. The average Bonchev–Trinajstić information content (AvgIpc) is 3.16. The number of nitrogens with zero attached hydrogens (tertiary/aromatic N) is 2. The Morgan fingerprint density at radius 3 is 2.56 bits per heavy atom. The van der Waals surface area contributed by atoms with E-state index in [1.807, 2.05) is 43.3 Å². The molecule has 1 fully saturated rings. The molecular formula is C21H26FN3O2. The van der Waals surface area contributed by atoms with Gasteiger partial charge in [-0.1, -0.05) is 24.3 Å². The van der Waals surface area contributed by atoms with Crippen molar-refractivity contribution in [2.45, 2.75) is 25.5 Å². The van der Waals surface area contributed by atoms with Crippen LogP contribution in [0.4, 0.5) is 20.6 Å². The molecule has 1 atom stereocenters. The minimum Gasteiger partial charge on any atom is -0.378 e. The van der Waals surface area contributed by atoms with Crippen LogP contribution in [-0.2, 0) is 11.3 Å². The predicted molar refractivity (Wildman–Crippen MR) is 106 cm³/mol. The molecule has 3 rings (SSSR count). The van der Waals surface area contributed by atoms with Crippen LogP contribution in [0.15, 0.2) is 48.5 Å². The largest absolute Gasteiger partial charge is 0.378 e. The van der Waals surface area contributed by atoms with Crippen LogP contribution < -0.4 is 10.2 Å². The lowest BCUT2D eigenvalue weighted by Crippen LogP contribution is -2.39. The first kappa shape index (κ1) is 19.2. The van der Waals surface area contributed by atoms with Gasteiger partial charge < -0.3 is 19.9 Å². The molecule has 5 nitrogen and oxygen atoms in total. The van der Waals surface area contributed by atoms with Gasteiger partial charge in [-0.3, -0.25) is 0 Å². The summed E-state index contributed by atoms with van der Waals surface area (Å²) in [5, 5.41) is 2.68. The van der Waals surface area contributed by atoms with Crippen LogP contribution >= 0.6 is 0 Å². The standard InChI is InChI=1S/C21H26FN3O2/c1-24(2)17-11-9-16(10-12-17)14-25(15-18-6-5-13-27-18)21(26)23-20-8-4-3-7-19(20)22/h3-4,7-12,18H,5-6,13-15H2,1-2H3,(H,23,26)/t18-/m0/s1. The number of ether oxygens (including phenoxy) is 1. The Balaban J connectivity index is 1.73. The van der Waals surface area contributed by atoms with Crippen molar-refractivity contribution in [3.8, 4) is 0 Å². The van der Waals surface area contributed by atoms with Crippen LogP contribution in [0.25, 0.3) is 0 Å². The van der Waals surface area contributed by atoms with Crippen molar-refractivity contribution in [2.75, 3.05) is 37.5 Å². The molecule has 1 N–H and O–H groups in total. The zero-order valence-electron chi connectivity index (χ0n) is 15.8. The number of nitrogens with one attached hydrogen (secondary N) is 1. The third-order valence-electron chi connectivity index (χ3n) is 4.68. The van der Waals surface area contributed by atoms with Crippen molar-refractivity contribution in [1.29, 1.82) is 0 Å². The molecule has 2 aromatic rings. The van der Waals surface area contributed by atoms with Crippen LogP contribution in [0.2, 0.25) is 0 Å². The molecule has 0 saturated carbocycles. The number of anilines is 2. The van der Waals surface area contributed by atoms with Crippen LogP contribution in [-0.4, -0.2) is 44.3 Å². The van der Waals surface area contributed by atoms with Gasteiger partial charge in [0, 0.05) is 39.5 Å². The lowest BCUT2D eigenvalue weighted by Gasteiger charge is -2.26. The minimum atomic E-state index is -0.446. The monoisotopic (exact) mass is 371 g/mol. The van der Waals surface area contributed by atoms with E-state index in [0.717, 1.165) is 30.7 Å². The van der Waals surface area contributed by atoms with Crippen LogP contribution in [0.1, 0.15) is 18.4 Å².